The van der Waals surface area contributed by atoms with E-state index in [0.717, 1.165) is 13.2 Å². The third kappa shape index (κ3) is 1.92. The zero-order valence-corrected chi connectivity index (χ0v) is 11.9. The molecule has 1 atom stereocenters. The Kier molecular flexibility index (Phi) is 2.70. The first-order valence-electron chi connectivity index (χ1n) is 6.23. The second-order valence-electron chi connectivity index (χ2n) is 4.80. The molecule has 4 heteroatoms. The van der Waals surface area contributed by atoms with Crippen LogP contribution >= 0.6 is 22.7 Å². The fourth-order valence-electron chi connectivity index (χ4n) is 2.49. The van der Waals surface area contributed by atoms with Gasteiger partial charge in [-0.2, -0.15) is 0 Å². The Hall–Kier alpha value is -1.20. The van der Waals surface area contributed by atoms with Crippen LogP contribution in [0.25, 0.3) is 9.40 Å². The van der Waals surface area contributed by atoms with Crippen molar-refractivity contribution in [3.63, 3.8) is 0 Å². The largest absolute Gasteiger partial charge is 0.372 e. The zero-order valence-electron chi connectivity index (χ0n) is 10.3. The molecule has 0 fully saturated rings. The Morgan fingerprint density at radius 2 is 1.95 bits per heavy atom. The number of ether oxygens (including phenoxy) is 1. The smallest absolute Gasteiger partial charge is 0.0725 e. The van der Waals surface area contributed by atoms with Crippen molar-refractivity contribution < 1.29 is 4.74 Å². The molecule has 2 aromatic heterocycles. The average molecular weight is 287 g/mol. The van der Waals surface area contributed by atoms with Crippen molar-refractivity contribution in [2.24, 2.45) is 5.73 Å². The minimum absolute atomic E-state index is 0.0319. The fourth-order valence-corrected chi connectivity index (χ4v) is 4.64. The molecule has 0 saturated carbocycles. The van der Waals surface area contributed by atoms with E-state index in [2.05, 4.69) is 35.7 Å². The summed E-state index contributed by atoms with van der Waals surface area (Å²) in [5.74, 6) is 0. The number of nitrogens with two attached hydrogens (primary N) is 1. The lowest BCUT2D eigenvalue weighted by atomic mass is 10.0. The van der Waals surface area contributed by atoms with Crippen LogP contribution < -0.4 is 5.73 Å². The first kappa shape index (κ1) is 11.6. The molecule has 0 bridgehead atoms. The molecule has 1 aliphatic heterocycles. The van der Waals surface area contributed by atoms with E-state index in [0.29, 0.717) is 0 Å². The second kappa shape index (κ2) is 4.42. The van der Waals surface area contributed by atoms with Crippen LogP contribution in [0.2, 0.25) is 0 Å². The number of rotatable bonds is 2. The minimum atomic E-state index is -0.0319. The highest BCUT2D eigenvalue weighted by Gasteiger charge is 2.17. The molecule has 0 aliphatic carbocycles. The predicted molar refractivity (Wildman–Crippen MR) is 80.7 cm³/mol. The van der Waals surface area contributed by atoms with Gasteiger partial charge < -0.3 is 10.5 Å². The van der Waals surface area contributed by atoms with Gasteiger partial charge in [-0.15, -0.1) is 22.7 Å². The lowest BCUT2D eigenvalue weighted by molar-refractivity contribution is 0.134. The van der Waals surface area contributed by atoms with Gasteiger partial charge in [0, 0.05) is 14.3 Å². The summed E-state index contributed by atoms with van der Waals surface area (Å²) in [6, 6.07) is 10.8. The van der Waals surface area contributed by atoms with Gasteiger partial charge in [-0.1, -0.05) is 18.2 Å². The zero-order chi connectivity index (χ0) is 12.8. The van der Waals surface area contributed by atoms with Crippen LogP contribution in [0.15, 0.2) is 35.7 Å². The molecule has 1 aliphatic rings. The summed E-state index contributed by atoms with van der Waals surface area (Å²) in [4.78, 5) is 1.24. The molecule has 3 aromatic rings. The molecule has 96 valence electrons. The minimum Gasteiger partial charge on any atom is -0.372 e. The van der Waals surface area contributed by atoms with E-state index in [4.69, 9.17) is 10.5 Å². The van der Waals surface area contributed by atoms with Crippen LogP contribution in [-0.4, -0.2) is 0 Å². The summed E-state index contributed by atoms with van der Waals surface area (Å²) in [6.45, 7) is 1.45. The van der Waals surface area contributed by atoms with Gasteiger partial charge in [0.05, 0.1) is 19.3 Å². The number of hydrogen-bond acceptors (Lipinski definition) is 4. The summed E-state index contributed by atoms with van der Waals surface area (Å²) < 4.78 is 8.12. The molecular formula is C15H13NOS2. The average Bonchev–Trinajstić information content (AvgIpc) is 3.11. The van der Waals surface area contributed by atoms with Gasteiger partial charge in [-0.25, -0.2) is 0 Å². The standard InChI is InChI=1S/C15H13NOS2/c16-15(14-6-13-12(19-14)3-4-18-13)9-1-2-10-7-17-8-11(10)5-9/h1-6,15H,7-8,16H2. The van der Waals surface area contributed by atoms with Gasteiger partial charge in [0.25, 0.3) is 0 Å². The Labute approximate surface area is 119 Å². The lowest BCUT2D eigenvalue weighted by Crippen LogP contribution is -2.10. The van der Waals surface area contributed by atoms with E-state index in [1.807, 2.05) is 0 Å². The Balaban J connectivity index is 1.73. The summed E-state index contributed by atoms with van der Waals surface area (Å²) in [6.07, 6.45) is 0. The molecule has 3 heterocycles. The molecule has 19 heavy (non-hydrogen) atoms. The van der Waals surface area contributed by atoms with Crippen LogP contribution in [0.1, 0.15) is 27.6 Å². The van der Waals surface area contributed by atoms with Crippen LogP contribution in [0, 0.1) is 0 Å². The summed E-state index contributed by atoms with van der Waals surface area (Å²) >= 11 is 3.57. The van der Waals surface area contributed by atoms with Gasteiger partial charge in [-0.3, -0.25) is 0 Å². The molecular weight excluding hydrogens is 274 g/mol. The van der Waals surface area contributed by atoms with E-state index in [1.54, 1.807) is 22.7 Å². The van der Waals surface area contributed by atoms with Crippen molar-refractivity contribution >= 4 is 32.1 Å². The van der Waals surface area contributed by atoms with E-state index in [-0.39, 0.29) is 6.04 Å². The molecule has 1 unspecified atom stereocenters. The first-order chi connectivity index (χ1) is 9.31. The van der Waals surface area contributed by atoms with Crippen molar-refractivity contribution in [1.29, 1.82) is 0 Å². The van der Waals surface area contributed by atoms with Gasteiger partial charge in [0.15, 0.2) is 0 Å². The lowest BCUT2D eigenvalue weighted by Gasteiger charge is -2.11. The SMILES string of the molecule is NC(c1ccc2c(c1)COC2)c1cc2sccc2s1. The van der Waals surface area contributed by atoms with Gasteiger partial charge in [0.2, 0.25) is 0 Å². The van der Waals surface area contributed by atoms with E-state index >= 15 is 0 Å². The number of benzene rings is 1. The molecule has 1 aromatic carbocycles. The molecule has 0 amide bonds. The van der Waals surface area contributed by atoms with Crippen LogP contribution in [0.5, 0.6) is 0 Å². The Morgan fingerprint density at radius 3 is 2.84 bits per heavy atom. The van der Waals surface area contributed by atoms with Crippen LogP contribution in [0.4, 0.5) is 0 Å². The number of fused-ring (bicyclic) bond motifs is 2. The maximum Gasteiger partial charge on any atom is 0.0725 e. The third-order valence-corrected chi connectivity index (χ3v) is 5.75. The highest BCUT2D eigenvalue weighted by Crippen LogP contribution is 2.35. The van der Waals surface area contributed by atoms with E-state index in [1.165, 1.54) is 31.0 Å². The fraction of sp³-hybridized carbons (Fsp3) is 0.200. The van der Waals surface area contributed by atoms with Crippen LogP contribution in [-0.2, 0) is 18.0 Å². The monoisotopic (exact) mass is 287 g/mol. The van der Waals surface area contributed by atoms with Crippen molar-refractivity contribution in [3.8, 4) is 0 Å². The number of thiophene rings is 2. The maximum absolute atomic E-state index is 6.41. The normalized spacial score (nSPS) is 15.8. The summed E-state index contributed by atoms with van der Waals surface area (Å²) in [5.41, 5.74) is 10.2. The molecule has 2 N–H and O–H groups in total. The number of hydrogen-bond donors (Lipinski definition) is 1. The van der Waals surface area contributed by atoms with Gasteiger partial charge in [0.1, 0.15) is 0 Å². The highest BCUT2D eigenvalue weighted by molar-refractivity contribution is 7.27. The molecule has 4 rings (SSSR count). The van der Waals surface area contributed by atoms with E-state index in [9.17, 15) is 0 Å². The first-order valence-corrected chi connectivity index (χ1v) is 7.93. The summed E-state index contributed by atoms with van der Waals surface area (Å²) in [5, 5.41) is 2.13. The maximum atomic E-state index is 6.41. The molecule has 0 spiro atoms. The van der Waals surface area contributed by atoms with Crippen molar-refractivity contribution in [2.75, 3.05) is 0 Å². The molecule has 0 saturated heterocycles. The quantitative estimate of drug-likeness (QED) is 0.772. The van der Waals surface area contributed by atoms with Crippen molar-refractivity contribution in [3.05, 3.63) is 57.3 Å². The Morgan fingerprint density at radius 1 is 1.05 bits per heavy atom. The van der Waals surface area contributed by atoms with Crippen LogP contribution in [0.3, 0.4) is 0 Å². The van der Waals surface area contributed by atoms with E-state index < -0.39 is 0 Å². The van der Waals surface area contributed by atoms with Crippen molar-refractivity contribution in [1.82, 2.24) is 0 Å². The molecule has 2 nitrogen and oxygen atoms in total. The topological polar surface area (TPSA) is 35.2 Å². The molecule has 0 radical (unpaired) electrons. The van der Waals surface area contributed by atoms with Gasteiger partial charge in [-0.05, 0) is 34.2 Å². The Bertz CT molecular complexity index is 715. The highest BCUT2D eigenvalue weighted by atomic mass is 32.1. The van der Waals surface area contributed by atoms with Crippen molar-refractivity contribution in [2.45, 2.75) is 19.3 Å². The second-order valence-corrected chi connectivity index (χ2v) is 6.86. The third-order valence-electron chi connectivity index (χ3n) is 3.57. The predicted octanol–water partition coefficient (Wildman–Crippen LogP) is 4.04. The van der Waals surface area contributed by atoms with Gasteiger partial charge >= 0.3 is 0 Å². The summed E-state index contributed by atoms with van der Waals surface area (Å²) in [7, 11) is 0.